The Balaban J connectivity index is 1.99. The molecule has 0 aliphatic rings. The molecular weight excluding hydrogens is 246 g/mol. The molecule has 0 amide bonds. The summed E-state index contributed by atoms with van der Waals surface area (Å²) in [5.41, 5.74) is 4.09. The molecule has 2 rings (SSSR count). The van der Waals surface area contributed by atoms with Crippen molar-refractivity contribution >= 4 is 0 Å². The summed E-state index contributed by atoms with van der Waals surface area (Å²) in [6.45, 7) is 11.7. The fraction of sp³-hybridized carbons (Fsp3) is 0.444. The Labute approximate surface area is 122 Å². The average molecular weight is 271 g/mol. The first-order valence-electron chi connectivity index (χ1n) is 7.25. The van der Waals surface area contributed by atoms with Crippen LogP contribution >= 0.6 is 0 Å². The predicted molar refractivity (Wildman–Crippen MR) is 83.8 cm³/mol. The van der Waals surface area contributed by atoms with Gasteiger partial charge in [-0.3, -0.25) is 0 Å². The average Bonchev–Trinajstić information content (AvgIpc) is 2.81. The lowest BCUT2D eigenvalue weighted by Crippen LogP contribution is -2.18. The van der Waals surface area contributed by atoms with Crippen LogP contribution in [0.5, 0.6) is 0 Å². The minimum Gasteiger partial charge on any atom is -0.468 e. The van der Waals surface area contributed by atoms with Crippen molar-refractivity contribution in [2.24, 2.45) is 0 Å². The Morgan fingerprint density at radius 1 is 1.10 bits per heavy atom. The summed E-state index contributed by atoms with van der Waals surface area (Å²) in [6.07, 6.45) is 1.75. The molecule has 0 saturated carbocycles. The molecule has 2 heteroatoms. The monoisotopic (exact) mass is 271 g/mol. The Morgan fingerprint density at radius 3 is 2.25 bits per heavy atom. The third-order valence-electron chi connectivity index (χ3n) is 3.81. The maximum Gasteiger partial charge on any atom is 0.120 e. The van der Waals surface area contributed by atoms with Crippen molar-refractivity contribution in [2.45, 2.75) is 52.6 Å². The van der Waals surface area contributed by atoms with Gasteiger partial charge in [0, 0.05) is 6.04 Å². The number of aryl methyl sites for hydroxylation is 1. The Kier molecular flexibility index (Phi) is 4.34. The van der Waals surface area contributed by atoms with E-state index in [1.165, 1.54) is 16.7 Å². The van der Waals surface area contributed by atoms with Gasteiger partial charge in [-0.1, -0.05) is 45.0 Å². The highest BCUT2D eigenvalue weighted by Crippen LogP contribution is 2.24. The first-order valence-corrected chi connectivity index (χ1v) is 7.25. The van der Waals surface area contributed by atoms with Crippen LogP contribution in [0.15, 0.2) is 41.0 Å². The molecule has 0 fully saturated rings. The Hall–Kier alpha value is -1.54. The molecule has 1 unspecified atom stereocenters. The molecule has 0 spiro atoms. The number of nitrogens with one attached hydrogen (secondary N) is 1. The highest BCUT2D eigenvalue weighted by molar-refractivity contribution is 5.29. The van der Waals surface area contributed by atoms with Gasteiger partial charge in [-0.05, 0) is 42.0 Å². The van der Waals surface area contributed by atoms with E-state index < -0.39 is 0 Å². The van der Waals surface area contributed by atoms with Gasteiger partial charge in [0.1, 0.15) is 5.76 Å². The van der Waals surface area contributed by atoms with E-state index in [1.54, 1.807) is 6.26 Å². The molecule has 1 aromatic heterocycles. The standard InChI is InChI=1S/C18H25NO/c1-13-10-11-20-17(13)12-19-14(2)15-6-8-16(9-7-15)18(3,4)5/h6-11,14,19H,12H2,1-5H3. The van der Waals surface area contributed by atoms with Crippen molar-refractivity contribution in [1.82, 2.24) is 5.32 Å². The van der Waals surface area contributed by atoms with E-state index in [0.717, 1.165) is 12.3 Å². The van der Waals surface area contributed by atoms with E-state index >= 15 is 0 Å². The van der Waals surface area contributed by atoms with Gasteiger partial charge < -0.3 is 9.73 Å². The van der Waals surface area contributed by atoms with Gasteiger partial charge in [0.25, 0.3) is 0 Å². The van der Waals surface area contributed by atoms with Crippen molar-refractivity contribution in [3.63, 3.8) is 0 Å². The van der Waals surface area contributed by atoms with Gasteiger partial charge in [-0.2, -0.15) is 0 Å². The third kappa shape index (κ3) is 3.51. The summed E-state index contributed by atoms with van der Waals surface area (Å²) in [7, 11) is 0. The van der Waals surface area contributed by atoms with Gasteiger partial charge >= 0.3 is 0 Å². The second-order valence-corrected chi connectivity index (χ2v) is 6.50. The Bertz CT molecular complexity index is 546. The van der Waals surface area contributed by atoms with Gasteiger partial charge in [-0.15, -0.1) is 0 Å². The van der Waals surface area contributed by atoms with E-state index in [2.05, 4.69) is 64.2 Å². The van der Waals surface area contributed by atoms with E-state index in [9.17, 15) is 0 Å². The van der Waals surface area contributed by atoms with Crippen LogP contribution < -0.4 is 5.32 Å². The number of hydrogen-bond donors (Lipinski definition) is 1. The number of benzene rings is 1. The van der Waals surface area contributed by atoms with E-state index in [0.29, 0.717) is 6.04 Å². The minimum absolute atomic E-state index is 0.209. The topological polar surface area (TPSA) is 25.2 Å². The molecule has 2 nitrogen and oxygen atoms in total. The fourth-order valence-corrected chi connectivity index (χ4v) is 2.22. The zero-order valence-electron chi connectivity index (χ0n) is 13.2. The van der Waals surface area contributed by atoms with E-state index in [-0.39, 0.29) is 5.41 Å². The normalized spacial score (nSPS) is 13.4. The summed E-state index contributed by atoms with van der Waals surface area (Å²) in [6, 6.07) is 11.2. The van der Waals surface area contributed by atoms with Gasteiger partial charge in [-0.25, -0.2) is 0 Å². The quantitative estimate of drug-likeness (QED) is 0.869. The molecule has 1 heterocycles. The lowest BCUT2D eigenvalue weighted by molar-refractivity contribution is 0.458. The molecule has 108 valence electrons. The molecule has 0 saturated heterocycles. The van der Waals surface area contributed by atoms with E-state index in [4.69, 9.17) is 4.42 Å². The SMILES string of the molecule is Cc1ccoc1CNC(C)c1ccc(C(C)(C)C)cc1. The van der Waals surface area contributed by atoms with Crippen LogP contribution in [0.1, 0.15) is 56.2 Å². The number of furan rings is 1. The molecule has 1 atom stereocenters. The maximum atomic E-state index is 5.45. The molecule has 1 aromatic carbocycles. The van der Waals surface area contributed by atoms with Gasteiger partial charge in [0.05, 0.1) is 12.8 Å². The highest BCUT2D eigenvalue weighted by Gasteiger charge is 2.14. The van der Waals surface area contributed by atoms with Crippen LogP contribution in [0.3, 0.4) is 0 Å². The third-order valence-corrected chi connectivity index (χ3v) is 3.81. The van der Waals surface area contributed by atoms with Crippen LogP contribution in [0, 0.1) is 6.92 Å². The minimum atomic E-state index is 0.209. The predicted octanol–water partition coefficient (Wildman–Crippen LogP) is 4.74. The molecule has 0 radical (unpaired) electrons. The Morgan fingerprint density at radius 2 is 1.75 bits per heavy atom. The zero-order valence-corrected chi connectivity index (χ0v) is 13.2. The summed E-state index contributed by atoms with van der Waals surface area (Å²) in [5, 5.41) is 3.51. The molecule has 0 aliphatic heterocycles. The smallest absolute Gasteiger partial charge is 0.120 e. The van der Waals surface area contributed by atoms with Crippen molar-refractivity contribution in [3.05, 3.63) is 59.0 Å². The van der Waals surface area contributed by atoms with Crippen molar-refractivity contribution in [3.8, 4) is 0 Å². The van der Waals surface area contributed by atoms with Gasteiger partial charge in [0.15, 0.2) is 0 Å². The molecule has 20 heavy (non-hydrogen) atoms. The molecule has 0 bridgehead atoms. The fourth-order valence-electron chi connectivity index (χ4n) is 2.22. The molecule has 2 aromatic rings. The van der Waals surface area contributed by atoms with Crippen molar-refractivity contribution in [1.29, 1.82) is 0 Å². The van der Waals surface area contributed by atoms with Crippen LogP contribution in [-0.4, -0.2) is 0 Å². The van der Waals surface area contributed by atoms with Gasteiger partial charge in [0.2, 0.25) is 0 Å². The largest absolute Gasteiger partial charge is 0.468 e. The van der Waals surface area contributed by atoms with Crippen molar-refractivity contribution < 1.29 is 4.42 Å². The maximum absolute atomic E-state index is 5.45. The first kappa shape index (κ1) is 14.9. The van der Waals surface area contributed by atoms with E-state index in [1.807, 2.05) is 6.07 Å². The second kappa shape index (κ2) is 5.84. The zero-order chi connectivity index (χ0) is 14.8. The summed E-state index contributed by atoms with van der Waals surface area (Å²) in [5.74, 6) is 1.02. The highest BCUT2D eigenvalue weighted by atomic mass is 16.3. The molecule has 1 N–H and O–H groups in total. The lowest BCUT2D eigenvalue weighted by Gasteiger charge is -2.20. The van der Waals surface area contributed by atoms with Crippen LogP contribution in [0.4, 0.5) is 0 Å². The lowest BCUT2D eigenvalue weighted by atomic mass is 9.86. The number of hydrogen-bond acceptors (Lipinski definition) is 2. The molecule has 0 aliphatic carbocycles. The van der Waals surface area contributed by atoms with Crippen LogP contribution in [0.2, 0.25) is 0 Å². The summed E-state index contributed by atoms with van der Waals surface area (Å²) in [4.78, 5) is 0. The van der Waals surface area contributed by atoms with Crippen LogP contribution in [0.25, 0.3) is 0 Å². The van der Waals surface area contributed by atoms with Crippen molar-refractivity contribution in [2.75, 3.05) is 0 Å². The number of rotatable bonds is 4. The summed E-state index contributed by atoms with van der Waals surface area (Å²) < 4.78 is 5.45. The molecular formula is C18H25NO. The van der Waals surface area contributed by atoms with Crippen LogP contribution in [-0.2, 0) is 12.0 Å². The second-order valence-electron chi connectivity index (χ2n) is 6.50. The first-order chi connectivity index (χ1) is 9.38. The summed E-state index contributed by atoms with van der Waals surface area (Å²) >= 11 is 0.